The van der Waals surface area contributed by atoms with Gasteiger partial charge in [-0.1, -0.05) is 30.3 Å². The molecule has 0 radical (unpaired) electrons. The Morgan fingerprint density at radius 2 is 1.91 bits per heavy atom. The molecule has 5 heteroatoms. The van der Waals surface area contributed by atoms with Crippen molar-refractivity contribution >= 4 is 16.8 Å². The van der Waals surface area contributed by atoms with Gasteiger partial charge in [-0.2, -0.15) is 5.10 Å². The molecule has 0 aliphatic heterocycles. The molecule has 1 amide bonds. The summed E-state index contributed by atoms with van der Waals surface area (Å²) in [6, 6.07) is 11.6. The summed E-state index contributed by atoms with van der Waals surface area (Å²) in [6.45, 7) is 4.32. The van der Waals surface area contributed by atoms with Crippen LogP contribution in [-0.2, 0) is 17.9 Å². The molecule has 0 saturated carbocycles. The highest BCUT2D eigenvalue weighted by molar-refractivity contribution is 5.81. The van der Waals surface area contributed by atoms with Crippen LogP contribution in [0.25, 0.3) is 10.9 Å². The molecule has 0 fully saturated rings. The summed E-state index contributed by atoms with van der Waals surface area (Å²) in [6.07, 6.45) is 1.76. The molecule has 5 nitrogen and oxygen atoms in total. The van der Waals surface area contributed by atoms with Crippen LogP contribution in [0.4, 0.5) is 0 Å². The minimum absolute atomic E-state index is 0.0952. The molecule has 0 bridgehead atoms. The Morgan fingerprint density at radius 3 is 2.65 bits per heavy atom. The van der Waals surface area contributed by atoms with Gasteiger partial charge in [0, 0.05) is 11.9 Å². The smallest absolute Gasteiger partial charge is 0.242 e. The number of para-hydroxylation sites is 1. The number of aromatic nitrogens is 2. The van der Waals surface area contributed by atoms with Crippen LogP contribution in [-0.4, -0.2) is 20.8 Å². The second-order valence-electron chi connectivity index (χ2n) is 5.72. The Bertz CT molecular complexity index is 845. The fourth-order valence-corrected chi connectivity index (χ4v) is 2.69. The molecule has 0 spiro atoms. The van der Waals surface area contributed by atoms with E-state index in [2.05, 4.69) is 10.4 Å². The predicted octanol–water partition coefficient (Wildman–Crippen LogP) is 2.68. The molecule has 0 saturated heterocycles. The summed E-state index contributed by atoms with van der Waals surface area (Å²) < 4.78 is 1.69. The van der Waals surface area contributed by atoms with Gasteiger partial charge >= 0.3 is 0 Å². The molecule has 3 aromatic rings. The van der Waals surface area contributed by atoms with Crippen molar-refractivity contribution in [2.24, 2.45) is 0 Å². The molecule has 1 heterocycles. The van der Waals surface area contributed by atoms with E-state index in [0.717, 1.165) is 27.6 Å². The molecule has 2 aromatic carbocycles. The van der Waals surface area contributed by atoms with Crippen molar-refractivity contribution in [2.75, 3.05) is 0 Å². The van der Waals surface area contributed by atoms with Crippen LogP contribution >= 0.6 is 0 Å². The predicted molar refractivity (Wildman–Crippen MR) is 89.2 cm³/mol. The number of aryl methyl sites for hydroxylation is 2. The van der Waals surface area contributed by atoms with E-state index in [1.165, 1.54) is 0 Å². The quantitative estimate of drug-likeness (QED) is 0.778. The van der Waals surface area contributed by atoms with Crippen molar-refractivity contribution < 1.29 is 9.90 Å². The molecular weight excluding hydrogens is 290 g/mol. The number of hydrogen-bond donors (Lipinski definition) is 2. The van der Waals surface area contributed by atoms with E-state index in [9.17, 15) is 9.90 Å². The zero-order valence-corrected chi connectivity index (χ0v) is 13.2. The number of phenols is 1. The number of carbonyl (C=O) groups excluding carboxylic acids is 1. The van der Waals surface area contributed by atoms with Crippen LogP contribution in [0.15, 0.2) is 42.6 Å². The Kier molecular flexibility index (Phi) is 4.02. The van der Waals surface area contributed by atoms with Crippen LogP contribution in [0, 0.1) is 13.8 Å². The topological polar surface area (TPSA) is 67.2 Å². The third-order valence-electron chi connectivity index (χ3n) is 3.88. The molecule has 3 rings (SSSR count). The number of nitrogens with one attached hydrogen (secondary N) is 1. The van der Waals surface area contributed by atoms with Crippen molar-refractivity contribution in [3.8, 4) is 5.75 Å². The van der Waals surface area contributed by atoms with E-state index in [1.54, 1.807) is 10.9 Å². The van der Waals surface area contributed by atoms with E-state index < -0.39 is 0 Å². The normalized spacial score (nSPS) is 10.9. The van der Waals surface area contributed by atoms with Gasteiger partial charge in [-0.3, -0.25) is 9.48 Å². The lowest BCUT2D eigenvalue weighted by molar-refractivity contribution is -0.121. The summed E-state index contributed by atoms with van der Waals surface area (Å²) in [7, 11) is 0. The average Bonchev–Trinajstić information content (AvgIpc) is 2.94. The van der Waals surface area contributed by atoms with Crippen molar-refractivity contribution in [3.05, 3.63) is 59.3 Å². The fraction of sp³-hybridized carbons (Fsp3) is 0.222. The van der Waals surface area contributed by atoms with Gasteiger partial charge in [0.15, 0.2) is 0 Å². The third kappa shape index (κ3) is 3.18. The lowest BCUT2D eigenvalue weighted by Crippen LogP contribution is -2.27. The molecule has 0 aliphatic carbocycles. The summed E-state index contributed by atoms with van der Waals surface area (Å²) >= 11 is 0. The van der Waals surface area contributed by atoms with Crippen molar-refractivity contribution in [3.63, 3.8) is 0 Å². The Labute approximate surface area is 134 Å². The number of nitrogens with zero attached hydrogens (tertiary/aromatic N) is 2. The van der Waals surface area contributed by atoms with Crippen LogP contribution in [0.1, 0.15) is 16.7 Å². The minimum Gasteiger partial charge on any atom is -0.507 e. The van der Waals surface area contributed by atoms with Crippen LogP contribution in [0.3, 0.4) is 0 Å². The molecule has 1 aromatic heterocycles. The summed E-state index contributed by atoms with van der Waals surface area (Å²) in [5.74, 6) is 0.213. The molecule has 0 aliphatic rings. The Balaban J connectivity index is 1.66. The van der Waals surface area contributed by atoms with E-state index >= 15 is 0 Å². The summed E-state index contributed by atoms with van der Waals surface area (Å²) in [4.78, 5) is 12.1. The number of rotatable bonds is 4. The maximum absolute atomic E-state index is 12.1. The second-order valence-corrected chi connectivity index (χ2v) is 5.72. The molecular formula is C18H19N3O2. The Morgan fingerprint density at radius 1 is 1.22 bits per heavy atom. The highest BCUT2D eigenvalue weighted by Gasteiger charge is 2.08. The lowest BCUT2D eigenvalue weighted by atomic mass is 10.1. The van der Waals surface area contributed by atoms with Gasteiger partial charge in [-0.15, -0.1) is 0 Å². The van der Waals surface area contributed by atoms with Crippen molar-refractivity contribution in [1.82, 2.24) is 15.1 Å². The van der Waals surface area contributed by atoms with Gasteiger partial charge in [-0.25, -0.2) is 0 Å². The number of fused-ring (bicyclic) bond motifs is 1. The standard InChI is InChI=1S/C18H19N3O2/c1-12-7-14(8-13(2)18(12)23)9-19-17(22)11-21-16-6-4-3-5-15(16)10-20-21/h3-8,10,23H,9,11H2,1-2H3,(H,19,22). The number of benzene rings is 2. The van der Waals surface area contributed by atoms with Crippen LogP contribution in [0.5, 0.6) is 5.75 Å². The van der Waals surface area contributed by atoms with Gasteiger partial charge in [0.1, 0.15) is 12.3 Å². The van der Waals surface area contributed by atoms with Crippen molar-refractivity contribution in [1.29, 1.82) is 0 Å². The fourth-order valence-electron chi connectivity index (χ4n) is 2.69. The average molecular weight is 309 g/mol. The summed E-state index contributed by atoms with van der Waals surface area (Å²) in [5.41, 5.74) is 3.54. The number of hydrogen-bond acceptors (Lipinski definition) is 3. The summed E-state index contributed by atoms with van der Waals surface area (Å²) in [5, 5.41) is 17.9. The van der Waals surface area contributed by atoms with E-state index in [-0.39, 0.29) is 12.5 Å². The van der Waals surface area contributed by atoms with E-state index in [1.807, 2.05) is 50.2 Å². The first kappa shape index (κ1) is 15.1. The monoisotopic (exact) mass is 309 g/mol. The zero-order chi connectivity index (χ0) is 16.4. The van der Waals surface area contributed by atoms with E-state index in [0.29, 0.717) is 12.3 Å². The van der Waals surface area contributed by atoms with Gasteiger partial charge < -0.3 is 10.4 Å². The van der Waals surface area contributed by atoms with Gasteiger partial charge in [-0.05, 0) is 36.6 Å². The number of amides is 1. The van der Waals surface area contributed by atoms with Gasteiger partial charge in [0.05, 0.1) is 11.7 Å². The Hall–Kier alpha value is -2.82. The van der Waals surface area contributed by atoms with Gasteiger partial charge in [0.2, 0.25) is 5.91 Å². The SMILES string of the molecule is Cc1cc(CNC(=O)Cn2ncc3ccccc32)cc(C)c1O. The largest absolute Gasteiger partial charge is 0.507 e. The molecule has 0 atom stereocenters. The first-order chi connectivity index (χ1) is 11.0. The number of aromatic hydroxyl groups is 1. The van der Waals surface area contributed by atoms with Crippen molar-refractivity contribution in [2.45, 2.75) is 26.9 Å². The highest BCUT2D eigenvalue weighted by Crippen LogP contribution is 2.22. The third-order valence-corrected chi connectivity index (χ3v) is 3.88. The number of carbonyl (C=O) groups is 1. The first-order valence-corrected chi connectivity index (χ1v) is 7.51. The van der Waals surface area contributed by atoms with Crippen LogP contribution in [0.2, 0.25) is 0 Å². The van der Waals surface area contributed by atoms with E-state index in [4.69, 9.17) is 0 Å². The number of phenolic OH excluding ortho intramolecular Hbond substituents is 1. The molecule has 23 heavy (non-hydrogen) atoms. The second kappa shape index (κ2) is 6.12. The molecule has 118 valence electrons. The minimum atomic E-state index is -0.0952. The molecule has 2 N–H and O–H groups in total. The lowest BCUT2D eigenvalue weighted by Gasteiger charge is -2.10. The van der Waals surface area contributed by atoms with Gasteiger partial charge in [0.25, 0.3) is 0 Å². The maximum Gasteiger partial charge on any atom is 0.242 e. The highest BCUT2D eigenvalue weighted by atomic mass is 16.3. The molecule has 0 unspecified atom stereocenters. The van der Waals surface area contributed by atoms with Crippen LogP contribution < -0.4 is 5.32 Å². The maximum atomic E-state index is 12.1. The first-order valence-electron chi connectivity index (χ1n) is 7.51. The zero-order valence-electron chi connectivity index (χ0n) is 13.2.